The Kier molecular flexibility index (Phi) is 6.13. The number of halogens is 1. The first kappa shape index (κ1) is 20.2. The van der Waals surface area contributed by atoms with Crippen LogP contribution >= 0.6 is 0 Å². The highest BCUT2D eigenvalue weighted by molar-refractivity contribution is 5.79. The fourth-order valence-corrected chi connectivity index (χ4v) is 3.87. The van der Waals surface area contributed by atoms with E-state index in [4.69, 9.17) is 0 Å². The van der Waals surface area contributed by atoms with E-state index in [1.54, 1.807) is 10.7 Å². The number of aryl methyl sites for hydroxylation is 1. The average molecular weight is 408 g/mol. The molecule has 0 aliphatic carbocycles. The van der Waals surface area contributed by atoms with E-state index in [0.717, 1.165) is 37.2 Å². The van der Waals surface area contributed by atoms with Crippen molar-refractivity contribution in [1.29, 1.82) is 0 Å². The van der Waals surface area contributed by atoms with Gasteiger partial charge in [0.15, 0.2) is 5.82 Å². The van der Waals surface area contributed by atoms with Crippen molar-refractivity contribution in [3.05, 3.63) is 71.3 Å². The molecule has 0 radical (unpaired) electrons. The molecule has 30 heavy (non-hydrogen) atoms. The first-order valence-corrected chi connectivity index (χ1v) is 10.2. The first-order valence-electron chi connectivity index (χ1n) is 10.2. The molecule has 1 N–H and O–H groups in total. The van der Waals surface area contributed by atoms with Crippen molar-refractivity contribution in [2.24, 2.45) is 0 Å². The fourth-order valence-electron chi connectivity index (χ4n) is 3.87. The standard InChI is InChI=1S/C22H25FN6O/c1-16-25-26-27-29(16)20-10-8-17(9-11-20)13-22(30)24-19-6-4-12-28(15-19)14-18-5-2-3-7-21(18)23/h2-3,5,7-11,19H,4,6,12-15H2,1H3,(H,24,30). The smallest absolute Gasteiger partial charge is 0.224 e. The SMILES string of the molecule is Cc1nnnn1-c1ccc(CC(=O)NC2CCCN(Cc3ccccc3F)C2)cc1. The Morgan fingerprint density at radius 2 is 2.00 bits per heavy atom. The number of nitrogens with zero attached hydrogens (tertiary/aromatic N) is 5. The van der Waals surface area contributed by atoms with Gasteiger partial charge in [0.05, 0.1) is 12.1 Å². The molecule has 1 amide bonds. The minimum absolute atomic E-state index is 0.000838. The van der Waals surface area contributed by atoms with Gasteiger partial charge in [-0.15, -0.1) is 5.10 Å². The Labute approximate surface area is 174 Å². The predicted octanol–water partition coefficient (Wildman–Crippen LogP) is 2.43. The zero-order valence-electron chi connectivity index (χ0n) is 17.0. The molecule has 1 fully saturated rings. The van der Waals surface area contributed by atoms with Crippen LogP contribution in [0.25, 0.3) is 5.69 Å². The van der Waals surface area contributed by atoms with Gasteiger partial charge >= 0.3 is 0 Å². The number of piperidine rings is 1. The third-order valence-electron chi connectivity index (χ3n) is 5.39. The number of benzene rings is 2. The molecular formula is C22H25FN6O. The molecule has 156 valence electrons. The van der Waals surface area contributed by atoms with E-state index in [1.165, 1.54) is 6.07 Å². The molecule has 0 spiro atoms. The van der Waals surface area contributed by atoms with Gasteiger partial charge in [-0.25, -0.2) is 4.39 Å². The summed E-state index contributed by atoms with van der Waals surface area (Å²) >= 11 is 0. The van der Waals surface area contributed by atoms with Gasteiger partial charge < -0.3 is 5.32 Å². The van der Waals surface area contributed by atoms with Crippen molar-refractivity contribution < 1.29 is 9.18 Å². The molecule has 1 aliphatic heterocycles. The minimum Gasteiger partial charge on any atom is -0.352 e. The number of hydrogen-bond acceptors (Lipinski definition) is 5. The van der Waals surface area contributed by atoms with Crippen LogP contribution in [-0.4, -0.2) is 50.1 Å². The first-order chi connectivity index (χ1) is 14.6. The normalized spacial score (nSPS) is 17.1. The highest BCUT2D eigenvalue weighted by Gasteiger charge is 2.22. The van der Waals surface area contributed by atoms with E-state index in [1.807, 2.05) is 43.3 Å². The van der Waals surface area contributed by atoms with Crippen molar-refractivity contribution in [1.82, 2.24) is 30.4 Å². The van der Waals surface area contributed by atoms with Crippen LogP contribution in [0, 0.1) is 12.7 Å². The van der Waals surface area contributed by atoms with Crippen LogP contribution in [0.4, 0.5) is 4.39 Å². The summed E-state index contributed by atoms with van der Waals surface area (Å²) < 4.78 is 15.6. The Morgan fingerprint density at radius 3 is 2.73 bits per heavy atom. The van der Waals surface area contributed by atoms with Crippen molar-refractivity contribution >= 4 is 5.91 Å². The summed E-state index contributed by atoms with van der Waals surface area (Å²) in [6.07, 6.45) is 2.25. The lowest BCUT2D eigenvalue weighted by atomic mass is 10.0. The van der Waals surface area contributed by atoms with Gasteiger partial charge in [-0.3, -0.25) is 9.69 Å². The van der Waals surface area contributed by atoms with Crippen molar-refractivity contribution in [2.75, 3.05) is 13.1 Å². The summed E-state index contributed by atoms with van der Waals surface area (Å²) in [5.41, 5.74) is 2.49. The van der Waals surface area contributed by atoms with Gasteiger partial charge in [-0.05, 0) is 60.5 Å². The molecule has 0 bridgehead atoms. The van der Waals surface area contributed by atoms with Crippen LogP contribution in [0.3, 0.4) is 0 Å². The van der Waals surface area contributed by atoms with Crippen LogP contribution < -0.4 is 5.32 Å². The molecule has 0 saturated carbocycles. The maximum Gasteiger partial charge on any atom is 0.224 e. The third-order valence-corrected chi connectivity index (χ3v) is 5.39. The van der Waals surface area contributed by atoms with E-state index in [9.17, 15) is 9.18 Å². The van der Waals surface area contributed by atoms with Crippen molar-refractivity contribution in [2.45, 2.75) is 38.8 Å². The van der Waals surface area contributed by atoms with Gasteiger partial charge in [0.1, 0.15) is 5.82 Å². The predicted molar refractivity (Wildman–Crippen MR) is 110 cm³/mol. The van der Waals surface area contributed by atoms with Gasteiger partial charge in [0.25, 0.3) is 0 Å². The molecule has 8 heteroatoms. The quantitative estimate of drug-likeness (QED) is 0.678. The fraction of sp³-hybridized carbons (Fsp3) is 0.364. The Bertz CT molecular complexity index is 1000. The van der Waals surface area contributed by atoms with Gasteiger partial charge in [-0.2, -0.15) is 4.68 Å². The third kappa shape index (κ3) is 4.88. The monoisotopic (exact) mass is 408 g/mol. The van der Waals surface area contributed by atoms with E-state index in [-0.39, 0.29) is 17.8 Å². The lowest BCUT2D eigenvalue weighted by Gasteiger charge is -2.33. The number of carbonyl (C=O) groups excluding carboxylic acids is 1. The second-order valence-corrected chi connectivity index (χ2v) is 7.71. The molecular weight excluding hydrogens is 383 g/mol. The Morgan fingerprint density at radius 1 is 1.20 bits per heavy atom. The summed E-state index contributed by atoms with van der Waals surface area (Å²) in [5, 5.41) is 14.6. The number of aromatic nitrogens is 4. The molecule has 1 unspecified atom stereocenters. The topological polar surface area (TPSA) is 75.9 Å². The van der Waals surface area contributed by atoms with Gasteiger partial charge in [0.2, 0.25) is 5.91 Å². The molecule has 1 aromatic heterocycles. The van der Waals surface area contributed by atoms with Gasteiger partial charge in [-0.1, -0.05) is 30.3 Å². The number of rotatable bonds is 6. The van der Waals surface area contributed by atoms with E-state index < -0.39 is 0 Å². The minimum atomic E-state index is -0.177. The highest BCUT2D eigenvalue weighted by Crippen LogP contribution is 2.16. The van der Waals surface area contributed by atoms with Crippen LogP contribution in [0.1, 0.15) is 29.8 Å². The summed E-state index contributed by atoms with van der Waals surface area (Å²) in [4.78, 5) is 14.7. The van der Waals surface area contributed by atoms with Crippen LogP contribution in [0.5, 0.6) is 0 Å². The largest absolute Gasteiger partial charge is 0.352 e. The van der Waals surface area contributed by atoms with Crippen LogP contribution in [0.15, 0.2) is 48.5 Å². The zero-order chi connectivity index (χ0) is 20.9. The maximum absolute atomic E-state index is 13.9. The highest BCUT2D eigenvalue weighted by atomic mass is 19.1. The summed E-state index contributed by atoms with van der Waals surface area (Å²) in [6.45, 7) is 4.05. The molecule has 1 saturated heterocycles. The van der Waals surface area contributed by atoms with Crippen molar-refractivity contribution in [3.63, 3.8) is 0 Å². The zero-order valence-corrected chi connectivity index (χ0v) is 17.0. The lowest BCUT2D eigenvalue weighted by molar-refractivity contribution is -0.121. The molecule has 4 rings (SSSR count). The van der Waals surface area contributed by atoms with Crippen LogP contribution in [0.2, 0.25) is 0 Å². The van der Waals surface area contributed by atoms with E-state index in [2.05, 4.69) is 25.7 Å². The molecule has 1 aliphatic rings. The van der Waals surface area contributed by atoms with Gasteiger partial charge in [0, 0.05) is 24.7 Å². The van der Waals surface area contributed by atoms with E-state index in [0.29, 0.717) is 24.4 Å². The summed E-state index contributed by atoms with van der Waals surface area (Å²) in [7, 11) is 0. The Balaban J connectivity index is 1.30. The summed E-state index contributed by atoms with van der Waals surface area (Å²) in [6, 6.07) is 14.6. The second-order valence-electron chi connectivity index (χ2n) is 7.71. The molecule has 3 aromatic rings. The maximum atomic E-state index is 13.9. The molecule has 2 aromatic carbocycles. The number of nitrogens with one attached hydrogen (secondary N) is 1. The molecule has 2 heterocycles. The Hall–Kier alpha value is -3.13. The number of likely N-dealkylation sites (tertiary alicyclic amines) is 1. The summed E-state index contributed by atoms with van der Waals surface area (Å²) in [5.74, 6) is 0.529. The number of carbonyl (C=O) groups is 1. The van der Waals surface area contributed by atoms with E-state index >= 15 is 0 Å². The second kappa shape index (κ2) is 9.13. The number of tetrazole rings is 1. The number of hydrogen-bond donors (Lipinski definition) is 1. The molecule has 1 atom stereocenters. The van der Waals surface area contributed by atoms with Crippen LogP contribution in [-0.2, 0) is 17.8 Å². The lowest BCUT2D eigenvalue weighted by Crippen LogP contribution is -2.47. The number of amides is 1. The van der Waals surface area contributed by atoms with Crippen molar-refractivity contribution in [3.8, 4) is 5.69 Å². The molecule has 7 nitrogen and oxygen atoms in total. The average Bonchev–Trinajstić information content (AvgIpc) is 3.16.